The molecule has 1 fully saturated rings. The highest BCUT2D eigenvalue weighted by molar-refractivity contribution is 6.04. The lowest BCUT2D eigenvalue weighted by molar-refractivity contribution is -0.118. The summed E-state index contributed by atoms with van der Waals surface area (Å²) in [6.45, 7) is 16.0. The number of aliphatic hydroxyl groups is 1. The number of aryl methyl sites for hydroxylation is 2. The molecule has 2 aliphatic rings. The van der Waals surface area contributed by atoms with E-state index in [9.17, 15) is 9.90 Å². The molecule has 4 heterocycles. The van der Waals surface area contributed by atoms with Gasteiger partial charge in [-0.2, -0.15) is 0 Å². The van der Waals surface area contributed by atoms with Gasteiger partial charge in [-0.25, -0.2) is 19.9 Å². The van der Waals surface area contributed by atoms with Crippen LogP contribution in [-0.2, 0) is 11.2 Å². The van der Waals surface area contributed by atoms with Crippen LogP contribution in [0.5, 0.6) is 0 Å². The number of pyridine rings is 1. The van der Waals surface area contributed by atoms with Crippen LogP contribution in [0.1, 0.15) is 61.2 Å². The van der Waals surface area contributed by atoms with Crippen LogP contribution >= 0.6 is 0 Å². The van der Waals surface area contributed by atoms with Crippen molar-refractivity contribution in [3.63, 3.8) is 0 Å². The molecule has 0 bridgehead atoms. The van der Waals surface area contributed by atoms with E-state index in [-0.39, 0.29) is 24.0 Å². The van der Waals surface area contributed by atoms with Gasteiger partial charge in [0.1, 0.15) is 23.3 Å². The fourth-order valence-electron chi connectivity index (χ4n) is 4.97. The molecule has 9 heteroatoms. The minimum absolute atomic E-state index is 0.0218. The lowest BCUT2D eigenvalue weighted by atomic mass is 9.92. The molecule has 0 spiro atoms. The fourth-order valence-corrected chi connectivity index (χ4v) is 4.97. The third kappa shape index (κ3) is 6.57. The highest BCUT2D eigenvalue weighted by Crippen LogP contribution is 2.33. The molecule has 2 aromatic heterocycles. The highest BCUT2D eigenvalue weighted by atomic mass is 16.3. The SMILES string of the molecule is C=C/C(CNc1nc(C)nc(N2CCC(c3ccc4c(n3)NCCC4)CC2)c1C)=N/C(=O)C[C@@H](C)C(=C)O. The zero-order valence-corrected chi connectivity index (χ0v) is 22.8. The maximum Gasteiger partial charge on any atom is 0.246 e. The van der Waals surface area contributed by atoms with Crippen molar-refractivity contribution in [2.75, 3.05) is 41.7 Å². The summed E-state index contributed by atoms with van der Waals surface area (Å²) in [6.07, 6.45) is 5.96. The molecule has 202 valence electrons. The van der Waals surface area contributed by atoms with Gasteiger partial charge in [0.25, 0.3) is 0 Å². The number of hydrogen-bond donors (Lipinski definition) is 3. The number of rotatable bonds is 9. The predicted octanol–water partition coefficient (Wildman–Crippen LogP) is 4.89. The predicted molar refractivity (Wildman–Crippen MR) is 153 cm³/mol. The standard InChI is InChI=1S/C29H39N7O2/c1-6-24(34-26(38)16-18(2)20(4)37)17-31-27-19(3)29(33-21(5)32-27)36-14-11-22(12-15-36)25-10-9-23-8-7-13-30-28(23)35-25/h6,9-10,18,22,37H,1,4,7-8,11-17H2,2-3,5H3,(H,30,35)(H,31,32,33)/b34-24-/t18-/m1/s1. The molecule has 2 aromatic rings. The molecular weight excluding hydrogens is 478 g/mol. The van der Waals surface area contributed by atoms with Gasteiger partial charge in [0.2, 0.25) is 5.91 Å². The average molecular weight is 518 g/mol. The quantitative estimate of drug-likeness (QED) is 0.318. The van der Waals surface area contributed by atoms with Gasteiger partial charge >= 0.3 is 0 Å². The molecule has 38 heavy (non-hydrogen) atoms. The van der Waals surface area contributed by atoms with Crippen LogP contribution in [0.2, 0.25) is 0 Å². The van der Waals surface area contributed by atoms with Gasteiger partial charge in [0.05, 0.1) is 18.0 Å². The van der Waals surface area contributed by atoms with Crippen molar-refractivity contribution in [1.82, 2.24) is 15.0 Å². The van der Waals surface area contributed by atoms with Crippen LogP contribution in [0.3, 0.4) is 0 Å². The maximum atomic E-state index is 12.3. The lowest BCUT2D eigenvalue weighted by Crippen LogP contribution is -2.34. The highest BCUT2D eigenvalue weighted by Gasteiger charge is 2.25. The van der Waals surface area contributed by atoms with Crippen LogP contribution in [0.15, 0.2) is 42.1 Å². The third-order valence-electron chi connectivity index (χ3n) is 7.35. The van der Waals surface area contributed by atoms with Crippen molar-refractivity contribution < 1.29 is 9.90 Å². The summed E-state index contributed by atoms with van der Waals surface area (Å²) in [4.78, 5) is 33.1. The molecule has 0 radical (unpaired) electrons. The first-order chi connectivity index (χ1) is 18.2. The van der Waals surface area contributed by atoms with E-state index < -0.39 is 0 Å². The minimum Gasteiger partial charge on any atom is -0.513 e. The summed E-state index contributed by atoms with van der Waals surface area (Å²) >= 11 is 0. The van der Waals surface area contributed by atoms with Gasteiger partial charge in [-0.1, -0.05) is 26.1 Å². The van der Waals surface area contributed by atoms with Gasteiger partial charge < -0.3 is 20.6 Å². The fraction of sp³-hybridized carbons (Fsp3) is 0.483. The number of aliphatic imine (C=N–C) groups is 1. The zero-order chi connectivity index (χ0) is 27.2. The Balaban J connectivity index is 1.40. The second-order valence-corrected chi connectivity index (χ2v) is 10.3. The van der Waals surface area contributed by atoms with Crippen molar-refractivity contribution in [1.29, 1.82) is 0 Å². The van der Waals surface area contributed by atoms with Crippen LogP contribution in [0.4, 0.5) is 17.5 Å². The molecular formula is C29H39N7O2. The van der Waals surface area contributed by atoms with Crippen LogP contribution in [0, 0.1) is 19.8 Å². The van der Waals surface area contributed by atoms with Crippen molar-refractivity contribution in [3.05, 3.63) is 59.8 Å². The monoisotopic (exact) mass is 517 g/mol. The zero-order valence-electron chi connectivity index (χ0n) is 22.8. The van der Waals surface area contributed by atoms with Gasteiger partial charge in [-0.05, 0) is 57.2 Å². The second-order valence-electron chi connectivity index (χ2n) is 10.3. The molecule has 1 atom stereocenters. The molecule has 0 saturated carbocycles. The number of nitrogens with zero attached hydrogens (tertiary/aromatic N) is 5. The van der Waals surface area contributed by atoms with E-state index in [0.29, 0.717) is 24.0 Å². The number of allylic oxidation sites excluding steroid dienone is 1. The number of hydrogen-bond acceptors (Lipinski definition) is 8. The number of carbonyl (C=O) groups is 1. The Morgan fingerprint density at radius 3 is 2.76 bits per heavy atom. The summed E-state index contributed by atoms with van der Waals surface area (Å²) in [5, 5.41) is 16.2. The number of piperidine rings is 1. The Morgan fingerprint density at radius 2 is 2.05 bits per heavy atom. The molecule has 3 N–H and O–H groups in total. The molecule has 1 amide bonds. The van der Waals surface area contributed by atoms with Crippen molar-refractivity contribution >= 4 is 29.1 Å². The van der Waals surface area contributed by atoms with E-state index >= 15 is 0 Å². The van der Waals surface area contributed by atoms with Gasteiger partial charge in [0, 0.05) is 49.1 Å². The molecule has 0 aliphatic carbocycles. The van der Waals surface area contributed by atoms with Crippen LogP contribution in [-0.4, -0.2) is 57.9 Å². The molecule has 0 unspecified atom stereocenters. The first kappa shape index (κ1) is 27.3. The van der Waals surface area contributed by atoms with E-state index in [1.54, 1.807) is 13.0 Å². The number of aliphatic hydroxyl groups excluding tert-OH is 1. The Kier molecular flexibility index (Phi) is 8.76. The summed E-state index contributed by atoms with van der Waals surface area (Å²) < 4.78 is 0. The number of aromatic nitrogens is 3. The first-order valence-corrected chi connectivity index (χ1v) is 13.4. The first-order valence-electron chi connectivity index (χ1n) is 13.4. The van der Waals surface area contributed by atoms with E-state index in [4.69, 9.17) is 9.97 Å². The lowest BCUT2D eigenvalue weighted by Gasteiger charge is -2.34. The third-order valence-corrected chi connectivity index (χ3v) is 7.35. The van der Waals surface area contributed by atoms with Crippen LogP contribution < -0.4 is 15.5 Å². The van der Waals surface area contributed by atoms with Crippen molar-refractivity contribution in [2.45, 2.75) is 58.8 Å². The largest absolute Gasteiger partial charge is 0.513 e. The minimum atomic E-state index is -0.344. The number of nitrogens with one attached hydrogen (secondary N) is 2. The number of anilines is 3. The summed E-state index contributed by atoms with van der Waals surface area (Å²) in [6, 6.07) is 4.45. The van der Waals surface area contributed by atoms with Crippen LogP contribution in [0.25, 0.3) is 0 Å². The number of amides is 1. The van der Waals surface area contributed by atoms with Gasteiger partial charge in [-0.15, -0.1) is 0 Å². The smallest absolute Gasteiger partial charge is 0.246 e. The molecule has 0 aromatic carbocycles. The van der Waals surface area contributed by atoms with Crippen molar-refractivity contribution in [3.8, 4) is 0 Å². The van der Waals surface area contributed by atoms with E-state index in [2.05, 4.69) is 50.8 Å². The normalized spacial score (nSPS) is 16.8. The molecule has 9 nitrogen and oxygen atoms in total. The summed E-state index contributed by atoms with van der Waals surface area (Å²) in [5.41, 5.74) is 3.98. The Bertz CT molecular complexity index is 1230. The molecule has 2 aliphatic heterocycles. The molecule has 4 rings (SSSR count). The van der Waals surface area contributed by atoms with Crippen molar-refractivity contribution in [2.24, 2.45) is 10.9 Å². The Morgan fingerprint density at radius 1 is 1.29 bits per heavy atom. The number of fused-ring (bicyclic) bond motifs is 1. The van der Waals surface area contributed by atoms with E-state index in [1.807, 2.05) is 13.8 Å². The van der Waals surface area contributed by atoms with E-state index in [1.165, 1.54) is 17.7 Å². The Hall–Kier alpha value is -3.75. The molecule has 1 saturated heterocycles. The topological polar surface area (TPSA) is 116 Å². The summed E-state index contributed by atoms with van der Waals surface area (Å²) in [7, 11) is 0. The van der Waals surface area contributed by atoms with Gasteiger partial charge in [0.15, 0.2) is 0 Å². The second kappa shape index (κ2) is 12.2. The average Bonchev–Trinajstić information content (AvgIpc) is 2.92. The maximum absolute atomic E-state index is 12.3. The summed E-state index contributed by atoms with van der Waals surface area (Å²) in [5.74, 6) is 3.14. The van der Waals surface area contributed by atoms with E-state index in [0.717, 1.165) is 61.9 Å². The number of carbonyl (C=O) groups excluding carboxylic acids is 1. The Labute approximate surface area is 225 Å². The van der Waals surface area contributed by atoms with Gasteiger partial charge in [-0.3, -0.25) is 4.79 Å².